The quantitative estimate of drug-likeness (QED) is 0.438. The lowest BCUT2D eigenvalue weighted by Crippen LogP contribution is -2.18. The third kappa shape index (κ3) is 2.21. The summed E-state index contributed by atoms with van der Waals surface area (Å²) in [6.45, 7) is 0. The maximum Gasteiger partial charge on any atom is 0.178 e. The first-order valence-corrected chi connectivity index (χ1v) is 5.67. The second kappa shape index (κ2) is 4.61. The van der Waals surface area contributed by atoms with Gasteiger partial charge in [0.05, 0.1) is 5.69 Å². The molecule has 0 spiro atoms. The van der Waals surface area contributed by atoms with Crippen molar-refractivity contribution in [2.75, 3.05) is 0 Å². The molecule has 16 heavy (non-hydrogen) atoms. The van der Waals surface area contributed by atoms with Crippen molar-refractivity contribution < 1.29 is 5.21 Å². The summed E-state index contributed by atoms with van der Waals surface area (Å²) in [7, 11) is 0. The molecule has 0 radical (unpaired) electrons. The summed E-state index contributed by atoms with van der Waals surface area (Å²) >= 11 is 7.07. The van der Waals surface area contributed by atoms with Crippen LogP contribution in [0.4, 0.5) is 0 Å². The van der Waals surface area contributed by atoms with E-state index in [2.05, 4.69) is 4.98 Å². The van der Waals surface area contributed by atoms with Crippen LogP contribution in [0.15, 0.2) is 29.6 Å². The molecule has 2 rings (SSSR count). The molecule has 0 aliphatic carbocycles. The van der Waals surface area contributed by atoms with Gasteiger partial charge in [-0.25, -0.2) is 4.98 Å². The minimum Gasteiger partial charge on any atom is -0.290 e. The maximum absolute atomic E-state index is 8.58. The molecule has 1 aromatic heterocycles. The van der Waals surface area contributed by atoms with Crippen LogP contribution in [0.1, 0.15) is 5.01 Å². The number of hydroxylamine groups is 1. The summed E-state index contributed by atoms with van der Waals surface area (Å²) in [6, 6.07) is 7.28. The zero-order valence-electron chi connectivity index (χ0n) is 8.07. The summed E-state index contributed by atoms with van der Waals surface area (Å²) in [5, 5.41) is 18.9. The predicted molar refractivity (Wildman–Crippen MR) is 64.3 cm³/mol. The van der Waals surface area contributed by atoms with Gasteiger partial charge in [-0.15, -0.1) is 11.3 Å². The third-order valence-electron chi connectivity index (χ3n) is 1.97. The Morgan fingerprint density at radius 1 is 1.38 bits per heavy atom. The van der Waals surface area contributed by atoms with Crippen LogP contribution in [-0.2, 0) is 0 Å². The van der Waals surface area contributed by atoms with Crippen LogP contribution in [0.2, 0.25) is 5.02 Å². The number of nitrogens with zero attached hydrogens (tertiary/aromatic N) is 1. The van der Waals surface area contributed by atoms with Crippen LogP contribution in [0, 0.1) is 5.41 Å². The zero-order valence-corrected chi connectivity index (χ0v) is 9.64. The van der Waals surface area contributed by atoms with Crippen molar-refractivity contribution in [1.82, 2.24) is 10.5 Å². The molecule has 0 atom stereocenters. The van der Waals surface area contributed by atoms with Crippen LogP contribution in [0.5, 0.6) is 0 Å². The number of aromatic nitrogens is 1. The molecule has 6 heteroatoms. The van der Waals surface area contributed by atoms with E-state index in [-0.39, 0.29) is 5.84 Å². The Morgan fingerprint density at radius 3 is 2.69 bits per heavy atom. The number of thiazole rings is 1. The molecule has 1 heterocycles. The lowest BCUT2D eigenvalue weighted by molar-refractivity contribution is 0.234. The Kier molecular flexibility index (Phi) is 3.19. The molecular formula is C10H8ClN3OS. The van der Waals surface area contributed by atoms with Crippen LogP contribution >= 0.6 is 22.9 Å². The first-order valence-electron chi connectivity index (χ1n) is 4.41. The summed E-state index contributed by atoms with van der Waals surface area (Å²) in [6.07, 6.45) is 0. The number of hydrogen-bond acceptors (Lipinski definition) is 4. The van der Waals surface area contributed by atoms with Gasteiger partial charge in [0.2, 0.25) is 0 Å². The van der Waals surface area contributed by atoms with Gasteiger partial charge in [0.15, 0.2) is 10.8 Å². The van der Waals surface area contributed by atoms with Crippen LogP contribution < -0.4 is 5.48 Å². The van der Waals surface area contributed by atoms with E-state index in [0.29, 0.717) is 10.0 Å². The predicted octanol–water partition coefficient (Wildman–Crippen LogP) is 2.77. The van der Waals surface area contributed by atoms with Crippen molar-refractivity contribution in [1.29, 1.82) is 5.41 Å². The van der Waals surface area contributed by atoms with Gasteiger partial charge >= 0.3 is 0 Å². The molecule has 0 saturated carbocycles. The molecule has 0 bridgehead atoms. The first-order chi connectivity index (χ1) is 7.70. The fourth-order valence-electron chi connectivity index (χ4n) is 1.19. The van der Waals surface area contributed by atoms with Gasteiger partial charge in [0, 0.05) is 16.0 Å². The van der Waals surface area contributed by atoms with Crippen LogP contribution in [-0.4, -0.2) is 16.0 Å². The lowest BCUT2D eigenvalue weighted by Gasteiger charge is -1.97. The number of nitrogens with one attached hydrogen (secondary N) is 2. The van der Waals surface area contributed by atoms with Crippen molar-refractivity contribution in [3.8, 4) is 11.3 Å². The second-order valence-electron chi connectivity index (χ2n) is 3.03. The highest BCUT2D eigenvalue weighted by molar-refractivity contribution is 7.12. The van der Waals surface area contributed by atoms with Gasteiger partial charge in [0.25, 0.3) is 0 Å². The molecule has 0 fully saturated rings. The SMILES string of the molecule is N=C(NO)c1nc(-c2ccc(Cl)cc2)cs1. The molecular weight excluding hydrogens is 246 g/mol. The lowest BCUT2D eigenvalue weighted by atomic mass is 10.2. The minimum absolute atomic E-state index is 0.106. The summed E-state index contributed by atoms with van der Waals surface area (Å²) in [4.78, 5) is 4.21. The minimum atomic E-state index is -0.106. The average Bonchev–Trinajstić information content (AvgIpc) is 2.78. The molecule has 0 aliphatic rings. The van der Waals surface area contributed by atoms with E-state index in [1.165, 1.54) is 11.3 Å². The largest absolute Gasteiger partial charge is 0.290 e. The average molecular weight is 254 g/mol. The highest BCUT2D eigenvalue weighted by atomic mass is 35.5. The topological polar surface area (TPSA) is 69.0 Å². The Morgan fingerprint density at radius 2 is 2.06 bits per heavy atom. The number of halogens is 1. The molecule has 4 nitrogen and oxygen atoms in total. The fourth-order valence-corrected chi connectivity index (χ4v) is 2.04. The van der Waals surface area contributed by atoms with Gasteiger partial charge < -0.3 is 0 Å². The fraction of sp³-hybridized carbons (Fsp3) is 0. The Labute approximate surface area is 101 Å². The monoisotopic (exact) mass is 253 g/mol. The zero-order chi connectivity index (χ0) is 11.5. The number of benzene rings is 1. The van der Waals surface area contributed by atoms with Crippen molar-refractivity contribution in [3.63, 3.8) is 0 Å². The normalized spacial score (nSPS) is 10.1. The molecule has 0 amide bonds. The Hall–Kier alpha value is -1.43. The Balaban J connectivity index is 2.31. The molecule has 0 unspecified atom stereocenters. The van der Waals surface area contributed by atoms with Crippen molar-refractivity contribution in [2.45, 2.75) is 0 Å². The first kappa shape index (κ1) is 11.1. The maximum atomic E-state index is 8.58. The number of hydrogen-bond donors (Lipinski definition) is 3. The van der Waals surface area contributed by atoms with Crippen molar-refractivity contribution in [3.05, 3.63) is 39.7 Å². The van der Waals surface area contributed by atoms with Crippen LogP contribution in [0.3, 0.4) is 0 Å². The number of amidine groups is 1. The van der Waals surface area contributed by atoms with Crippen molar-refractivity contribution >= 4 is 28.8 Å². The van der Waals surface area contributed by atoms with Gasteiger partial charge in [-0.05, 0) is 12.1 Å². The van der Waals surface area contributed by atoms with Crippen LogP contribution in [0.25, 0.3) is 11.3 Å². The van der Waals surface area contributed by atoms with E-state index in [0.717, 1.165) is 11.3 Å². The summed E-state index contributed by atoms with van der Waals surface area (Å²) in [5.41, 5.74) is 3.45. The molecule has 0 aliphatic heterocycles. The summed E-state index contributed by atoms with van der Waals surface area (Å²) in [5.74, 6) is -0.106. The number of rotatable bonds is 2. The Bertz CT molecular complexity index is 509. The van der Waals surface area contributed by atoms with Gasteiger partial charge in [-0.1, -0.05) is 23.7 Å². The standard InChI is InChI=1S/C10H8ClN3OS/c11-7-3-1-6(2-4-7)8-5-16-10(13-8)9(12)14-15/h1-5,15H,(H2,12,14). The van der Waals surface area contributed by atoms with Crippen molar-refractivity contribution in [2.24, 2.45) is 0 Å². The highest BCUT2D eigenvalue weighted by Crippen LogP contribution is 2.23. The molecule has 82 valence electrons. The van der Waals surface area contributed by atoms with E-state index in [1.807, 2.05) is 17.5 Å². The smallest absolute Gasteiger partial charge is 0.178 e. The molecule has 3 N–H and O–H groups in total. The molecule has 2 aromatic rings. The van der Waals surface area contributed by atoms with E-state index in [1.54, 1.807) is 17.6 Å². The third-order valence-corrected chi connectivity index (χ3v) is 3.08. The van der Waals surface area contributed by atoms with Gasteiger partial charge in [0.1, 0.15) is 0 Å². The highest BCUT2D eigenvalue weighted by Gasteiger charge is 2.07. The van der Waals surface area contributed by atoms with E-state index in [4.69, 9.17) is 22.2 Å². The van der Waals surface area contributed by atoms with E-state index in [9.17, 15) is 0 Å². The van der Waals surface area contributed by atoms with Gasteiger partial charge in [-0.3, -0.25) is 16.1 Å². The van der Waals surface area contributed by atoms with E-state index >= 15 is 0 Å². The second-order valence-corrected chi connectivity index (χ2v) is 4.33. The molecule has 0 saturated heterocycles. The molecule has 1 aromatic carbocycles. The van der Waals surface area contributed by atoms with Gasteiger partial charge in [-0.2, -0.15) is 0 Å². The summed E-state index contributed by atoms with van der Waals surface area (Å²) < 4.78 is 0. The van der Waals surface area contributed by atoms with E-state index < -0.39 is 0 Å².